The molecule has 7 heteroatoms. The van der Waals surface area contributed by atoms with Gasteiger partial charge in [-0.3, -0.25) is 4.79 Å². The van der Waals surface area contributed by atoms with E-state index in [2.05, 4.69) is 29.1 Å². The van der Waals surface area contributed by atoms with E-state index in [-0.39, 0.29) is 11.8 Å². The summed E-state index contributed by atoms with van der Waals surface area (Å²) < 4.78 is 10.9. The summed E-state index contributed by atoms with van der Waals surface area (Å²) in [7, 11) is 0. The van der Waals surface area contributed by atoms with E-state index in [0.717, 1.165) is 30.7 Å². The van der Waals surface area contributed by atoms with Crippen LogP contribution in [0.1, 0.15) is 54.7 Å². The first kappa shape index (κ1) is 18.4. The summed E-state index contributed by atoms with van der Waals surface area (Å²) in [5.74, 6) is 2.32. The first-order chi connectivity index (χ1) is 13.6. The van der Waals surface area contributed by atoms with Gasteiger partial charge >= 0.3 is 0 Å². The number of nitrogens with zero attached hydrogens (tertiary/aromatic N) is 4. The van der Waals surface area contributed by atoms with Crippen LogP contribution in [0.2, 0.25) is 0 Å². The molecule has 3 aromatic rings. The van der Waals surface area contributed by atoms with Crippen LogP contribution in [0.4, 0.5) is 0 Å². The van der Waals surface area contributed by atoms with Gasteiger partial charge in [-0.05, 0) is 18.8 Å². The van der Waals surface area contributed by atoms with Gasteiger partial charge in [-0.1, -0.05) is 54.5 Å². The molecular weight excluding hydrogens is 356 g/mol. The van der Waals surface area contributed by atoms with Crippen molar-refractivity contribution in [2.24, 2.45) is 5.92 Å². The molecule has 0 N–H and O–H groups in total. The summed E-state index contributed by atoms with van der Waals surface area (Å²) in [6, 6.07) is 9.56. The Balaban J connectivity index is 1.50. The van der Waals surface area contributed by atoms with Crippen LogP contribution in [-0.4, -0.2) is 39.2 Å². The molecule has 1 atom stereocenters. The zero-order chi connectivity index (χ0) is 19.5. The highest BCUT2D eigenvalue weighted by Gasteiger charge is 2.31. The van der Waals surface area contributed by atoms with Gasteiger partial charge in [0.2, 0.25) is 5.89 Å². The lowest BCUT2D eigenvalue weighted by Gasteiger charge is -2.30. The Bertz CT molecular complexity index is 932. The van der Waals surface area contributed by atoms with Crippen LogP contribution in [0.5, 0.6) is 0 Å². The standard InChI is InChI=1S/C21H24N4O3/c1-14(2)11-18-23-20(28-24-18)16-9-6-10-25(13-16)21(26)17-12-22-27-19(17)15-7-4-3-5-8-15/h3-5,7-8,12,14,16H,6,9-11,13H2,1-2H3. The van der Waals surface area contributed by atoms with Crippen molar-refractivity contribution in [1.29, 1.82) is 0 Å². The third-order valence-corrected chi connectivity index (χ3v) is 4.97. The zero-order valence-corrected chi connectivity index (χ0v) is 16.2. The normalized spacial score (nSPS) is 17.2. The largest absolute Gasteiger partial charge is 0.355 e. The van der Waals surface area contributed by atoms with E-state index in [9.17, 15) is 4.79 Å². The maximum Gasteiger partial charge on any atom is 0.259 e. The van der Waals surface area contributed by atoms with E-state index in [1.165, 1.54) is 6.20 Å². The minimum Gasteiger partial charge on any atom is -0.355 e. The number of aromatic nitrogens is 3. The number of carbonyl (C=O) groups is 1. The first-order valence-corrected chi connectivity index (χ1v) is 9.73. The van der Waals surface area contributed by atoms with Crippen molar-refractivity contribution in [2.75, 3.05) is 13.1 Å². The van der Waals surface area contributed by atoms with Crippen molar-refractivity contribution < 1.29 is 13.8 Å². The minimum atomic E-state index is -0.0771. The molecule has 0 bridgehead atoms. The maximum absolute atomic E-state index is 13.1. The SMILES string of the molecule is CC(C)Cc1noc(C2CCCN(C(=O)c3cnoc3-c3ccccc3)C2)n1. The number of rotatable bonds is 5. The molecule has 28 heavy (non-hydrogen) atoms. The van der Waals surface area contributed by atoms with Gasteiger partial charge in [0, 0.05) is 25.1 Å². The molecule has 1 aliphatic rings. The van der Waals surface area contributed by atoms with E-state index >= 15 is 0 Å². The van der Waals surface area contributed by atoms with E-state index in [4.69, 9.17) is 9.05 Å². The predicted molar refractivity (Wildman–Crippen MR) is 103 cm³/mol. The fraction of sp³-hybridized carbons (Fsp3) is 0.429. The molecule has 4 rings (SSSR count). The first-order valence-electron chi connectivity index (χ1n) is 9.73. The fourth-order valence-electron chi connectivity index (χ4n) is 3.60. The topological polar surface area (TPSA) is 85.3 Å². The van der Waals surface area contributed by atoms with Crippen LogP contribution < -0.4 is 0 Å². The fourth-order valence-corrected chi connectivity index (χ4v) is 3.60. The van der Waals surface area contributed by atoms with E-state index in [0.29, 0.717) is 36.2 Å². The van der Waals surface area contributed by atoms with E-state index in [1.54, 1.807) is 0 Å². The van der Waals surface area contributed by atoms with Gasteiger partial charge < -0.3 is 13.9 Å². The second kappa shape index (κ2) is 7.96. The molecule has 1 unspecified atom stereocenters. The summed E-state index contributed by atoms with van der Waals surface area (Å²) in [4.78, 5) is 19.5. The van der Waals surface area contributed by atoms with Crippen LogP contribution in [-0.2, 0) is 6.42 Å². The Labute approximate surface area is 163 Å². The highest BCUT2D eigenvalue weighted by Crippen LogP contribution is 2.29. The van der Waals surface area contributed by atoms with Crippen LogP contribution in [0.15, 0.2) is 45.6 Å². The average Bonchev–Trinajstić information content (AvgIpc) is 3.37. The number of hydrogen-bond acceptors (Lipinski definition) is 6. The number of piperidine rings is 1. The highest BCUT2D eigenvalue weighted by molar-refractivity contribution is 5.99. The Morgan fingerprint density at radius 2 is 2.07 bits per heavy atom. The van der Waals surface area contributed by atoms with E-state index in [1.807, 2.05) is 35.2 Å². The Kier molecular flexibility index (Phi) is 5.23. The lowest BCUT2D eigenvalue weighted by atomic mass is 9.97. The summed E-state index contributed by atoms with van der Waals surface area (Å²) >= 11 is 0. The molecule has 1 saturated heterocycles. The van der Waals surface area contributed by atoms with Gasteiger partial charge in [0.15, 0.2) is 11.6 Å². The molecule has 3 heterocycles. The van der Waals surface area contributed by atoms with Crippen LogP contribution in [0.3, 0.4) is 0 Å². The van der Waals surface area contributed by atoms with Crippen molar-refractivity contribution in [2.45, 2.75) is 39.0 Å². The Morgan fingerprint density at radius 1 is 1.25 bits per heavy atom. The summed E-state index contributed by atoms with van der Waals surface area (Å²) in [6.07, 6.45) is 4.12. The molecule has 1 aliphatic heterocycles. The molecule has 0 spiro atoms. The quantitative estimate of drug-likeness (QED) is 0.666. The number of carbonyl (C=O) groups excluding carboxylic acids is 1. The molecule has 0 aliphatic carbocycles. The molecule has 1 fully saturated rings. The van der Waals surface area contributed by atoms with Crippen molar-refractivity contribution in [1.82, 2.24) is 20.2 Å². The monoisotopic (exact) mass is 380 g/mol. The van der Waals surface area contributed by atoms with Gasteiger partial charge in [0.05, 0.1) is 12.1 Å². The van der Waals surface area contributed by atoms with Crippen LogP contribution in [0, 0.1) is 5.92 Å². The second-order valence-corrected chi connectivity index (χ2v) is 7.67. The van der Waals surface area contributed by atoms with Crippen molar-refractivity contribution in [3.05, 3.63) is 53.8 Å². The van der Waals surface area contributed by atoms with Crippen LogP contribution in [0.25, 0.3) is 11.3 Å². The minimum absolute atomic E-state index is 0.0612. The second-order valence-electron chi connectivity index (χ2n) is 7.67. The average molecular weight is 380 g/mol. The highest BCUT2D eigenvalue weighted by atomic mass is 16.5. The molecule has 2 aromatic heterocycles. The number of amides is 1. The van der Waals surface area contributed by atoms with Crippen molar-refractivity contribution >= 4 is 5.91 Å². The molecule has 146 valence electrons. The summed E-state index contributed by atoms with van der Waals surface area (Å²) in [5.41, 5.74) is 1.32. The Morgan fingerprint density at radius 3 is 2.86 bits per heavy atom. The van der Waals surface area contributed by atoms with Gasteiger partial charge in [-0.15, -0.1) is 0 Å². The number of likely N-dealkylation sites (tertiary alicyclic amines) is 1. The lowest BCUT2D eigenvalue weighted by Crippen LogP contribution is -2.39. The maximum atomic E-state index is 13.1. The number of benzene rings is 1. The molecule has 1 amide bonds. The lowest BCUT2D eigenvalue weighted by molar-refractivity contribution is 0.0696. The smallest absolute Gasteiger partial charge is 0.259 e. The number of hydrogen-bond donors (Lipinski definition) is 0. The molecule has 0 saturated carbocycles. The predicted octanol–water partition coefficient (Wildman–Crippen LogP) is 3.94. The van der Waals surface area contributed by atoms with Crippen LogP contribution >= 0.6 is 0 Å². The van der Waals surface area contributed by atoms with Gasteiger partial charge in [-0.2, -0.15) is 4.98 Å². The molecule has 7 nitrogen and oxygen atoms in total. The van der Waals surface area contributed by atoms with Crippen molar-refractivity contribution in [3.8, 4) is 11.3 Å². The molecule has 0 radical (unpaired) electrons. The summed E-state index contributed by atoms with van der Waals surface area (Å²) in [5, 5.41) is 7.95. The third-order valence-electron chi connectivity index (χ3n) is 4.97. The molecule has 1 aromatic carbocycles. The van der Waals surface area contributed by atoms with Gasteiger partial charge in [0.1, 0.15) is 5.56 Å². The van der Waals surface area contributed by atoms with E-state index < -0.39 is 0 Å². The third kappa shape index (κ3) is 3.83. The van der Waals surface area contributed by atoms with Gasteiger partial charge in [-0.25, -0.2) is 0 Å². The molecular formula is C21H24N4O3. The van der Waals surface area contributed by atoms with Crippen molar-refractivity contribution in [3.63, 3.8) is 0 Å². The summed E-state index contributed by atoms with van der Waals surface area (Å²) in [6.45, 7) is 5.50. The Hall–Kier alpha value is -2.96. The zero-order valence-electron chi connectivity index (χ0n) is 16.2. The van der Waals surface area contributed by atoms with Gasteiger partial charge in [0.25, 0.3) is 5.91 Å².